The van der Waals surface area contributed by atoms with Crippen LogP contribution in [0.1, 0.15) is 73.7 Å². The molecule has 0 unspecified atom stereocenters. The van der Waals surface area contributed by atoms with E-state index in [-0.39, 0.29) is 36.5 Å². The van der Waals surface area contributed by atoms with E-state index in [1.165, 1.54) is 6.92 Å². The van der Waals surface area contributed by atoms with Gasteiger partial charge in [-0.3, -0.25) is 14.4 Å². The van der Waals surface area contributed by atoms with Crippen LogP contribution in [0.2, 0.25) is 0 Å². The number of rotatable bonds is 16. The number of hydrogen-bond donors (Lipinski definition) is 5. The fourth-order valence-corrected chi connectivity index (χ4v) is 7.35. The standard InChI is InChI=1S/C45H48N4O6S/c1-30(51)48-37-21-23-39(24-22-37)56-29-38-26-42(34-15-13-31(28-50)14-16-34)55-45(54-38)35-19-17-33(18-20-35)36-8-6-7-32(25-36)27-47-43(52)11-4-5-12-44(53)49-41-10-3-2-9-40(41)46/h2-3,6-10,13-25,38,42,45,50H,4-5,11-12,26-29,46H2,1H3,(H,47,52)(H,48,51)(H,49,53)/t38-,42+,45+/m1/s1. The van der Waals surface area contributed by atoms with Crippen LogP contribution in [0.15, 0.2) is 126 Å². The summed E-state index contributed by atoms with van der Waals surface area (Å²) in [4.78, 5) is 37.3. The Morgan fingerprint density at radius 3 is 2.18 bits per heavy atom. The fraction of sp³-hybridized carbons (Fsp3) is 0.267. The number of thioether (sulfide) groups is 1. The van der Waals surface area contributed by atoms with Crippen molar-refractivity contribution in [3.8, 4) is 11.1 Å². The first kappa shape index (κ1) is 40.2. The number of aliphatic hydroxyl groups excluding tert-OH is 1. The molecule has 5 aromatic rings. The molecule has 0 aliphatic carbocycles. The molecule has 1 aliphatic rings. The highest BCUT2D eigenvalue weighted by Gasteiger charge is 2.32. The van der Waals surface area contributed by atoms with Crippen molar-refractivity contribution < 1.29 is 29.0 Å². The highest BCUT2D eigenvalue weighted by atomic mass is 32.2. The van der Waals surface area contributed by atoms with Gasteiger partial charge < -0.3 is 36.3 Å². The molecule has 1 heterocycles. The third kappa shape index (κ3) is 11.8. The van der Waals surface area contributed by atoms with Gasteiger partial charge in [-0.05, 0) is 83.1 Å². The van der Waals surface area contributed by atoms with E-state index in [0.717, 1.165) is 44.0 Å². The van der Waals surface area contributed by atoms with Gasteiger partial charge in [0.05, 0.1) is 30.2 Å². The summed E-state index contributed by atoms with van der Waals surface area (Å²) < 4.78 is 13.1. The summed E-state index contributed by atoms with van der Waals surface area (Å²) in [7, 11) is 0. The van der Waals surface area contributed by atoms with E-state index in [2.05, 4.69) is 34.1 Å². The number of nitrogen functional groups attached to an aromatic ring is 1. The number of carbonyl (C=O) groups excluding carboxylic acids is 3. The average molecular weight is 773 g/mol. The Kier molecular flexibility index (Phi) is 14.3. The minimum absolute atomic E-state index is 0.0169. The Labute approximate surface area is 332 Å². The Hall–Kier alpha value is -5.46. The zero-order valence-electron chi connectivity index (χ0n) is 31.4. The maximum absolute atomic E-state index is 12.6. The maximum Gasteiger partial charge on any atom is 0.224 e. The number of unbranched alkanes of at least 4 members (excludes halogenated alkanes) is 1. The van der Waals surface area contributed by atoms with Crippen LogP contribution in [-0.4, -0.2) is 34.7 Å². The summed E-state index contributed by atoms with van der Waals surface area (Å²) in [6.07, 6.45) is 1.68. The molecule has 3 atom stereocenters. The number of amides is 3. The van der Waals surface area contributed by atoms with Gasteiger partial charge in [-0.25, -0.2) is 0 Å². The summed E-state index contributed by atoms with van der Waals surface area (Å²) in [6.45, 7) is 1.88. The van der Waals surface area contributed by atoms with Gasteiger partial charge in [-0.15, -0.1) is 11.8 Å². The second-order valence-electron chi connectivity index (χ2n) is 13.8. The molecular formula is C45H48N4O6S. The van der Waals surface area contributed by atoms with Gasteiger partial charge in [0.1, 0.15) is 0 Å². The first-order chi connectivity index (χ1) is 27.2. The third-order valence-corrected chi connectivity index (χ3v) is 10.6. The zero-order chi connectivity index (χ0) is 39.3. The topological polar surface area (TPSA) is 152 Å². The Bertz CT molecular complexity index is 2070. The second-order valence-corrected chi connectivity index (χ2v) is 14.9. The Balaban J connectivity index is 1.03. The summed E-state index contributed by atoms with van der Waals surface area (Å²) in [5.41, 5.74) is 13.6. The van der Waals surface area contributed by atoms with Crippen molar-refractivity contribution in [3.63, 3.8) is 0 Å². The van der Waals surface area contributed by atoms with Crippen LogP contribution in [0.5, 0.6) is 0 Å². The van der Waals surface area contributed by atoms with Crippen LogP contribution in [0, 0.1) is 0 Å². The van der Waals surface area contributed by atoms with Crippen molar-refractivity contribution in [2.24, 2.45) is 0 Å². The number of ether oxygens (including phenoxy) is 2. The highest BCUT2D eigenvalue weighted by Crippen LogP contribution is 2.40. The summed E-state index contributed by atoms with van der Waals surface area (Å²) >= 11 is 1.70. The SMILES string of the molecule is CC(=O)Nc1ccc(SC[C@H]2C[C@@H](c3ccc(CO)cc3)O[C@@H](c3ccc(-c4cccc(CNC(=O)CCCCC(=O)Nc5ccccc5N)c4)cc3)O2)cc1. The summed E-state index contributed by atoms with van der Waals surface area (Å²) in [5.74, 6) is 0.434. The van der Waals surface area contributed by atoms with Gasteiger partial charge >= 0.3 is 0 Å². The lowest BCUT2D eigenvalue weighted by atomic mass is 9.99. The molecule has 1 saturated heterocycles. The Morgan fingerprint density at radius 1 is 0.750 bits per heavy atom. The van der Waals surface area contributed by atoms with Crippen molar-refractivity contribution in [1.29, 1.82) is 0 Å². The molecule has 290 valence electrons. The molecule has 0 aromatic heterocycles. The Morgan fingerprint density at radius 2 is 1.46 bits per heavy atom. The first-order valence-corrected chi connectivity index (χ1v) is 19.8. The number of aliphatic hydroxyl groups is 1. The fourth-order valence-electron chi connectivity index (χ4n) is 6.43. The van der Waals surface area contributed by atoms with Crippen molar-refractivity contribution in [3.05, 3.63) is 144 Å². The first-order valence-electron chi connectivity index (χ1n) is 18.8. The minimum atomic E-state index is -0.577. The van der Waals surface area contributed by atoms with Crippen molar-refractivity contribution in [2.75, 3.05) is 22.1 Å². The van der Waals surface area contributed by atoms with Gasteiger partial charge in [-0.2, -0.15) is 0 Å². The van der Waals surface area contributed by atoms with Gasteiger partial charge in [0.15, 0.2) is 6.29 Å². The molecule has 5 aromatic carbocycles. The monoisotopic (exact) mass is 772 g/mol. The van der Waals surface area contributed by atoms with Crippen molar-refractivity contribution in [1.82, 2.24) is 5.32 Å². The number of hydrogen-bond acceptors (Lipinski definition) is 8. The highest BCUT2D eigenvalue weighted by molar-refractivity contribution is 7.99. The molecule has 1 aliphatic heterocycles. The largest absolute Gasteiger partial charge is 0.397 e. The van der Waals surface area contributed by atoms with Crippen LogP contribution in [0.3, 0.4) is 0 Å². The molecule has 1 fully saturated rings. The number of nitrogens with one attached hydrogen (secondary N) is 3. The van der Waals surface area contributed by atoms with Gasteiger partial charge in [0.25, 0.3) is 0 Å². The van der Waals surface area contributed by atoms with Crippen molar-refractivity contribution in [2.45, 2.75) is 75.6 Å². The molecule has 11 heteroatoms. The summed E-state index contributed by atoms with van der Waals surface area (Å²) in [5, 5.41) is 18.2. The zero-order valence-corrected chi connectivity index (χ0v) is 32.2. The van der Waals surface area contributed by atoms with Crippen LogP contribution in [0.25, 0.3) is 11.1 Å². The molecule has 0 radical (unpaired) electrons. The average Bonchev–Trinajstić information content (AvgIpc) is 3.22. The van der Waals surface area contributed by atoms with Gasteiger partial charge in [0, 0.05) is 54.6 Å². The normalized spacial score (nSPS) is 16.5. The van der Waals surface area contributed by atoms with Gasteiger partial charge in [0.2, 0.25) is 17.7 Å². The number of anilines is 3. The van der Waals surface area contributed by atoms with E-state index in [1.807, 2.05) is 91.0 Å². The predicted molar refractivity (Wildman–Crippen MR) is 222 cm³/mol. The smallest absolute Gasteiger partial charge is 0.224 e. The second kappa shape index (κ2) is 19.9. The maximum atomic E-state index is 12.6. The molecule has 0 bridgehead atoms. The number of carbonyl (C=O) groups is 3. The molecule has 56 heavy (non-hydrogen) atoms. The third-order valence-electron chi connectivity index (χ3n) is 9.45. The lowest BCUT2D eigenvalue weighted by Gasteiger charge is -2.36. The quantitative estimate of drug-likeness (QED) is 0.0380. The van der Waals surface area contributed by atoms with E-state index < -0.39 is 6.29 Å². The molecular weight excluding hydrogens is 725 g/mol. The minimum Gasteiger partial charge on any atom is -0.397 e. The van der Waals surface area contributed by atoms with Crippen LogP contribution in [0.4, 0.5) is 17.1 Å². The predicted octanol–water partition coefficient (Wildman–Crippen LogP) is 8.54. The molecule has 6 rings (SSSR count). The van der Waals surface area contributed by atoms with E-state index in [4.69, 9.17) is 15.2 Å². The number of benzene rings is 5. The van der Waals surface area contributed by atoms with Gasteiger partial charge in [-0.1, -0.05) is 78.9 Å². The lowest BCUT2D eigenvalue weighted by molar-refractivity contribution is -0.245. The van der Waals surface area contributed by atoms with E-state index in [1.54, 1.807) is 23.9 Å². The number of nitrogens with two attached hydrogens (primary N) is 1. The molecule has 0 spiro atoms. The molecule has 10 nitrogen and oxygen atoms in total. The molecule has 3 amide bonds. The van der Waals surface area contributed by atoms with E-state index in [0.29, 0.717) is 55.8 Å². The van der Waals surface area contributed by atoms with Crippen LogP contribution < -0.4 is 21.7 Å². The molecule has 6 N–H and O–H groups in total. The van der Waals surface area contributed by atoms with Crippen molar-refractivity contribution >= 4 is 46.5 Å². The van der Waals surface area contributed by atoms with E-state index >= 15 is 0 Å². The summed E-state index contributed by atoms with van der Waals surface area (Å²) in [6, 6.07) is 39.1. The van der Waals surface area contributed by atoms with Crippen LogP contribution in [-0.2, 0) is 37.0 Å². The lowest BCUT2D eigenvalue weighted by Crippen LogP contribution is -2.31. The van der Waals surface area contributed by atoms with Crippen LogP contribution >= 0.6 is 11.8 Å². The molecule has 0 saturated carbocycles. The number of para-hydroxylation sites is 2. The van der Waals surface area contributed by atoms with E-state index in [9.17, 15) is 19.5 Å².